The van der Waals surface area contributed by atoms with Crippen LogP contribution in [-0.4, -0.2) is 21.6 Å². The van der Waals surface area contributed by atoms with Gasteiger partial charge in [0.15, 0.2) is 0 Å². The molecule has 2 N–H and O–H groups in total. The van der Waals surface area contributed by atoms with Crippen LogP contribution in [0.5, 0.6) is 0 Å². The van der Waals surface area contributed by atoms with E-state index in [1.807, 2.05) is 44.2 Å². The Morgan fingerprint density at radius 3 is 2.60 bits per heavy atom. The van der Waals surface area contributed by atoms with Crippen LogP contribution in [0.15, 0.2) is 30.3 Å². The monoisotopic (exact) mass is 291 g/mol. The number of rotatable bonds is 5. The third-order valence-electron chi connectivity index (χ3n) is 3.10. The summed E-state index contributed by atoms with van der Waals surface area (Å²) in [4.78, 5) is 8.59. The summed E-state index contributed by atoms with van der Waals surface area (Å²) in [7, 11) is 0. The molecule has 2 aromatic rings. The zero-order chi connectivity index (χ0) is 14.5. The maximum absolute atomic E-state index is 10.1. The molecule has 106 valence electrons. The second-order valence-electron chi connectivity index (χ2n) is 4.57. The molecule has 1 atom stereocenters. The second kappa shape index (κ2) is 6.68. The molecule has 5 heteroatoms. The molecule has 2 rings (SSSR count). The van der Waals surface area contributed by atoms with E-state index >= 15 is 0 Å². The first-order valence-electron chi connectivity index (χ1n) is 6.61. The van der Waals surface area contributed by atoms with Crippen LogP contribution in [0.25, 0.3) is 0 Å². The highest BCUT2D eigenvalue weighted by atomic mass is 35.5. The molecule has 0 aliphatic heterocycles. The number of hydrogen-bond donors (Lipinski definition) is 2. The van der Waals surface area contributed by atoms with Crippen LogP contribution in [0, 0.1) is 6.92 Å². The lowest BCUT2D eigenvalue weighted by Gasteiger charge is -2.15. The van der Waals surface area contributed by atoms with Gasteiger partial charge in [0.1, 0.15) is 16.8 Å². The first-order valence-corrected chi connectivity index (χ1v) is 6.99. The molecular formula is C15H18ClN3O. The van der Waals surface area contributed by atoms with Crippen LogP contribution in [0.4, 0.5) is 5.82 Å². The summed E-state index contributed by atoms with van der Waals surface area (Å²) in [5.41, 5.74) is 1.66. The molecule has 1 unspecified atom stereocenters. The van der Waals surface area contributed by atoms with Crippen molar-refractivity contribution in [1.29, 1.82) is 0 Å². The molecule has 0 bridgehead atoms. The van der Waals surface area contributed by atoms with E-state index < -0.39 is 6.10 Å². The van der Waals surface area contributed by atoms with Crippen LogP contribution in [-0.2, 0) is 6.42 Å². The van der Waals surface area contributed by atoms with E-state index in [4.69, 9.17) is 11.6 Å². The minimum atomic E-state index is -0.589. The highest BCUT2D eigenvalue weighted by Gasteiger charge is 2.11. The fourth-order valence-electron chi connectivity index (χ4n) is 1.85. The van der Waals surface area contributed by atoms with Gasteiger partial charge >= 0.3 is 0 Å². The zero-order valence-electron chi connectivity index (χ0n) is 11.6. The molecule has 1 heterocycles. The van der Waals surface area contributed by atoms with E-state index in [2.05, 4.69) is 15.3 Å². The number of anilines is 1. The van der Waals surface area contributed by atoms with Gasteiger partial charge in [-0.05, 0) is 12.5 Å². The standard InChI is InChI=1S/C15H18ClN3O/c1-3-13-18-14(16)10(2)15(19-13)17-9-12(20)11-7-5-4-6-8-11/h4-8,12,20H,3,9H2,1-2H3,(H,17,18,19). The average molecular weight is 292 g/mol. The molecule has 0 spiro atoms. The Kier molecular flexibility index (Phi) is 4.93. The van der Waals surface area contributed by atoms with Crippen LogP contribution in [0.2, 0.25) is 5.15 Å². The van der Waals surface area contributed by atoms with Crippen molar-refractivity contribution in [2.24, 2.45) is 0 Å². The molecule has 4 nitrogen and oxygen atoms in total. The lowest BCUT2D eigenvalue weighted by Crippen LogP contribution is -2.15. The van der Waals surface area contributed by atoms with Gasteiger partial charge in [-0.1, -0.05) is 48.9 Å². The molecule has 1 aromatic carbocycles. The average Bonchev–Trinajstić information content (AvgIpc) is 2.49. The highest BCUT2D eigenvalue weighted by molar-refractivity contribution is 6.30. The third kappa shape index (κ3) is 3.46. The Bertz CT molecular complexity index is 575. The SMILES string of the molecule is CCc1nc(Cl)c(C)c(NCC(O)c2ccccc2)n1. The molecule has 0 aliphatic rings. The van der Waals surface area contributed by atoms with E-state index in [1.165, 1.54) is 0 Å². The maximum atomic E-state index is 10.1. The van der Waals surface area contributed by atoms with E-state index in [1.54, 1.807) is 0 Å². The smallest absolute Gasteiger partial charge is 0.137 e. The lowest BCUT2D eigenvalue weighted by atomic mass is 10.1. The predicted molar refractivity (Wildman–Crippen MR) is 81.0 cm³/mol. The van der Waals surface area contributed by atoms with Crippen molar-refractivity contribution >= 4 is 17.4 Å². The van der Waals surface area contributed by atoms with Gasteiger partial charge in [-0.15, -0.1) is 0 Å². The van der Waals surface area contributed by atoms with Gasteiger partial charge in [0.25, 0.3) is 0 Å². The zero-order valence-corrected chi connectivity index (χ0v) is 12.4. The molecular weight excluding hydrogens is 274 g/mol. The molecule has 20 heavy (non-hydrogen) atoms. The Morgan fingerprint density at radius 2 is 1.95 bits per heavy atom. The topological polar surface area (TPSA) is 58.0 Å². The summed E-state index contributed by atoms with van der Waals surface area (Å²) >= 11 is 6.08. The van der Waals surface area contributed by atoms with Crippen molar-refractivity contribution in [3.8, 4) is 0 Å². The third-order valence-corrected chi connectivity index (χ3v) is 3.46. The molecule has 0 saturated carbocycles. The number of hydrogen-bond acceptors (Lipinski definition) is 4. The minimum Gasteiger partial charge on any atom is -0.387 e. The molecule has 1 aromatic heterocycles. The number of aryl methyl sites for hydroxylation is 1. The Balaban J connectivity index is 2.09. The number of nitrogens with one attached hydrogen (secondary N) is 1. The number of aliphatic hydroxyl groups is 1. The fraction of sp³-hybridized carbons (Fsp3) is 0.333. The second-order valence-corrected chi connectivity index (χ2v) is 4.92. The van der Waals surface area contributed by atoms with Gasteiger partial charge < -0.3 is 10.4 Å². The van der Waals surface area contributed by atoms with E-state index in [9.17, 15) is 5.11 Å². The molecule has 0 saturated heterocycles. The van der Waals surface area contributed by atoms with Crippen molar-refractivity contribution in [2.75, 3.05) is 11.9 Å². The van der Waals surface area contributed by atoms with Crippen LogP contribution < -0.4 is 5.32 Å². The van der Waals surface area contributed by atoms with Crippen molar-refractivity contribution in [3.05, 3.63) is 52.4 Å². The summed E-state index contributed by atoms with van der Waals surface area (Å²) in [6.07, 6.45) is 0.130. The fourth-order valence-corrected chi connectivity index (χ4v) is 2.04. The van der Waals surface area contributed by atoms with Gasteiger partial charge in [-0.3, -0.25) is 0 Å². The van der Waals surface area contributed by atoms with Gasteiger partial charge in [-0.25, -0.2) is 9.97 Å². The van der Waals surface area contributed by atoms with E-state index in [-0.39, 0.29) is 0 Å². The number of halogens is 1. The Hall–Kier alpha value is -1.65. The van der Waals surface area contributed by atoms with Gasteiger partial charge in [0.2, 0.25) is 0 Å². The first kappa shape index (κ1) is 14.8. The summed E-state index contributed by atoms with van der Waals surface area (Å²) in [5, 5.41) is 13.7. The quantitative estimate of drug-likeness (QED) is 0.831. The molecule has 0 aliphatic carbocycles. The van der Waals surface area contributed by atoms with Crippen LogP contribution in [0.1, 0.15) is 30.0 Å². The van der Waals surface area contributed by atoms with Gasteiger partial charge in [0.05, 0.1) is 6.10 Å². The van der Waals surface area contributed by atoms with Gasteiger partial charge in [-0.2, -0.15) is 0 Å². The number of benzene rings is 1. The summed E-state index contributed by atoms with van der Waals surface area (Å²) in [6, 6.07) is 9.51. The van der Waals surface area contributed by atoms with E-state index in [0.717, 1.165) is 17.5 Å². The summed E-state index contributed by atoms with van der Waals surface area (Å²) < 4.78 is 0. The minimum absolute atomic E-state index is 0.376. The van der Waals surface area contributed by atoms with Gasteiger partial charge in [0, 0.05) is 18.5 Å². The van der Waals surface area contributed by atoms with Crippen molar-refractivity contribution in [1.82, 2.24) is 9.97 Å². The number of aromatic nitrogens is 2. The van der Waals surface area contributed by atoms with Crippen LogP contribution >= 0.6 is 11.6 Å². The predicted octanol–water partition coefficient (Wildman–Crippen LogP) is 3.15. The maximum Gasteiger partial charge on any atom is 0.137 e. The molecule has 0 fully saturated rings. The van der Waals surface area contributed by atoms with Crippen LogP contribution in [0.3, 0.4) is 0 Å². The van der Waals surface area contributed by atoms with E-state index in [0.29, 0.717) is 23.3 Å². The number of aliphatic hydroxyl groups excluding tert-OH is 1. The lowest BCUT2D eigenvalue weighted by molar-refractivity contribution is 0.191. The van der Waals surface area contributed by atoms with Crippen molar-refractivity contribution < 1.29 is 5.11 Å². The van der Waals surface area contributed by atoms with Crippen molar-refractivity contribution in [3.63, 3.8) is 0 Å². The Morgan fingerprint density at radius 1 is 1.25 bits per heavy atom. The summed E-state index contributed by atoms with van der Waals surface area (Å²) in [5.74, 6) is 1.37. The summed E-state index contributed by atoms with van der Waals surface area (Å²) in [6.45, 7) is 4.21. The highest BCUT2D eigenvalue weighted by Crippen LogP contribution is 2.21. The largest absolute Gasteiger partial charge is 0.387 e. The first-order chi connectivity index (χ1) is 9.61. The Labute approximate surface area is 123 Å². The molecule has 0 radical (unpaired) electrons. The normalized spacial score (nSPS) is 12.2. The number of nitrogens with zero attached hydrogens (tertiary/aromatic N) is 2. The van der Waals surface area contributed by atoms with Crippen molar-refractivity contribution in [2.45, 2.75) is 26.4 Å². The molecule has 0 amide bonds.